The summed E-state index contributed by atoms with van der Waals surface area (Å²) in [7, 11) is 5.06. The number of thiol groups is 1. The molecule has 1 aromatic heterocycles. The van der Waals surface area contributed by atoms with Crippen LogP contribution in [0.25, 0.3) is 0 Å². The van der Waals surface area contributed by atoms with Gasteiger partial charge < -0.3 is 14.8 Å². The van der Waals surface area contributed by atoms with E-state index in [-0.39, 0.29) is 11.3 Å². The minimum atomic E-state index is -0.504. The highest BCUT2D eigenvalue weighted by atomic mass is 32.1. The third-order valence-corrected chi connectivity index (χ3v) is 4.48. The van der Waals surface area contributed by atoms with Crippen LogP contribution in [0.3, 0.4) is 0 Å². The van der Waals surface area contributed by atoms with Crippen molar-refractivity contribution < 1.29 is 14.3 Å². The summed E-state index contributed by atoms with van der Waals surface area (Å²) in [6.45, 7) is 7.81. The van der Waals surface area contributed by atoms with Crippen molar-refractivity contribution in [2.24, 2.45) is 0 Å². The van der Waals surface area contributed by atoms with Crippen LogP contribution in [0.5, 0.6) is 0 Å². The van der Waals surface area contributed by atoms with Crippen molar-refractivity contribution in [3.05, 3.63) is 52.0 Å². The van der Waals surface area contributed by atoms with Gasteiger partial charge in [0.25, 0.3) is 0 Å². The number of esters is 1. The van der Waals surface area contributed by atoms with E-state index in [1.165, 1.54) is 13.3 Å². The molecule has 0 fully saturated rings. The number of rotatable bonds is 5. The molecule has 162 valence electrons. The molecule has 0 saturated heterocycles. The van der Waals surface area contributed by atoms with Gasteiger partial charge in [0.2, 0.25) is 0 Å². The van der Waals surface area contributed by atoms with E-state index in [2.05, 4.69) is 27.8 Å². The number of nitrogens with zero attached hydrogens (tertiary/aromatic N) is 1. The molecule has 29 heavy (non-hydrogen) atoms. The largest absolute Gasteiger partial charge is 0.465 e. The molecular weight excluding hydrogens is 386 g/mol. The van der Waals surface area contributed by atoms with E-state index in [1.807, 2.05) is 40.9 Å². The Kier molecular flexibility index (Phi) is 13.7. The molecule has 0 aromatic carbocycles. The molecule has 0 amide bonds. The standard InChI is InChI=1S/C18H22N2O3S.C2H7N.C2H6/c1-4-12-6-5-7-14(20-24)9-16(12)17(21)15-8-13(18(22)23-3)10-19-11(15)2;1-3-2;1-2/h8-10,20,24H,4-7H2,1-3H3;3H,1-2H3;1-2H3. The van der Waals surface area contributed by atoms with Gasteiger partial charge in [-0.05, 0) is 58.8 Å². The molecular formula is C22H35N3O3S. The van der Waals surface area contributed by atoms with Crippen LogP contribution < -0.4 is 10.0 Å². The van der Waals surface area contributed by atoms with Crippen LogP contribution in [0.4, 0.5) is 0 Å². The number of aryl methyl sites for hydroxylation is 1. The first kappa shape index (κ1) is 26.9. The lowest BCUT2D eigenvalue weighted by molar-refractivity contribution is 0.0600. The van der Waals surface area contributed by atoms with Gasteiger partial charge in [-0.1, -0.05) is 39.2 Å². The Morgan fingerprint density at radius 3 is 2.38 bits per heavy atom. The number of methoxy groups -OCH3 is 1. The normalized spacial score (nSPS) is 13.0. The Bertz CT molecular complexity index is 743. The monoisotopic (exact) mass is 421 g/mol. The van der Waals surface area contributed by atoms with E-state index >= 15 is 0 Å². The number of ether oxygens (including phenoxy) is 1. The molecule has 0 atom stereocenters. The van der Waals surface area contributed by atoms with E-state index in [0.29, 0.717) is 16.8 Å². The van der Waals surface area contributed by atoms with Gasteiger partial charge in [-0.25, -0.2) is 4.79 Å². The van der Waals surface area contributed by atoms with Gasteiger partial charge in [0.15, 0.2) is 5.78 Å². The molecule has 1 aliphatic carbocycles. The lowest BCUT2D eigenvalue weighted by atomic mass is 9.94. The van der Waals surface area contributed by atoms with E-state index in [1.54, 1.807) is 13.0 Å². The number of carbonyl (C=O) groups excluding carboxylic acids is 2. The summed E-state index contributed by atoms with van der Waals surface area (Å²) in [5.74, 6) is -0.624. The fourth-order valence-electron chi connectivity index (χ4n) is 2.79. The first-order valence-corrected chi connectivity index (χ1v) is 10.4. The number of hydrogen-bond donors (Lipinski definition) is 3. The smallest absolute Gasteiger partial charge is 0.339 e. The summed E-state index contributed by atoms with van der Waals surface area (Å²) < 4.78 is 7.58. The summed E-state index contributed by atoms with van der Waals surface area (Å²) in [6.07, 6.45) is 6.79. The number of pyridine rings is 1. The maximum Gasteiger partial charge on any atom is 0.339 e. The molecule has 2 rings (SSSR count). The lowest BCUT2D eigenvalue weighted by Gasteiger charge is -2.11. The minimum Gasteiger partial charge on any atom is -0.465 e. The van der Waals surface area contributed by atoms with Crippen LogP contribution >= 0.6 is 12.8 Å². The maximum absolute atomic E-state index is 13.1. The second-order valence-corrected chi connectivity index (χ2v) is 6.41. The Labute approximate surface area is 180 Å². The van der Waals surface area contributed by atoms with Crippen LogP contribution in [0.2, 0.25) is 0 Å². The molecule has 1 heterocycles. The highest BCUT2D eigenvalue weighted by Gasteiger charge is 2.21. The fourth-order valence-corrected chi connectivity index (χ4v) is 2.97. The minimum absolute atomic E-state index is 0.120. The Hall–Kier alpha value is -2.12. The number of Topliss-reactive ketones (excluding diaryl/α,β-unsaturated/α-hetero) is 1. The molecule has 1 aromatic rings. The molecule has 0 radical (unpaired) electrons. The number of carbonyl (C=O) groups is 2. The van der Waals surface area contributed by atoms with Gasteiger partial charge >= 0.3 is 5.97 Å². The van der Waals surface area contributed by atoms with Crippen molar-refractivity contribution >= 4 is 24.6 Å². The maximum atomic E-state index is 13.1. The highest BCUT2D eigenvalue weighted by molar-refractivity contribution is 7.78. The molecule has 0 spiro atoms. The summed E-state index contributed by atoms with van der Waals surface area (Å²) in [4.78, 5) is 29.0. The van der Waals surface area contributed by atoms with Gasteiger partial charge in [-0.3, -0.25) is 9.78 Å². The second-order valence-electron chi connectivity index (χ2n) is 6.18. The topological polar surface area (TPSA) is 80.3 Å². The molecule has 0 aliphatic heterocycles. The molecule has 2 N–H and O–H groups in total. The molecule has 1 aliphatic rings. The first-order valence-electron chi connectivity index (χ1n) is 9.94. The van der Waals surface area contributed by atoms with Crippen molar-refractivity contribution in [1.29, 1.82) is 0 Å². The van der Waals surface area contributed by atoms with Gasteiger partial charge in [-0.15, -0.1) is 0 Å². The SMILES string of the molecule is CC.CCC1=C(C(=O)c2cc(C(=O)OC)cnc2C)C=C(NS)CCC1.CNC. The molecule has 7 heteroatoms. The zero-order valence-electron chi connectivity index (χ0n) is 18.7. The highest BCUT2D eigenvalue weighted by Crippen LogP contribution is 2.27. The van der Waals surface area contributed by atoms with Gasteiger partial charge in [0.05, 0.1) is 12.7 Å². The Morgan fingerprint density at radius 2 is 1.86 bits per heavy atom. The number of aromatic nitrogens is 1. The van der Waals surface area contributed by atoms with Gasteiger partial charge in [-0.2, -0.15) is 0 Å². The van der Waals surface area contributed by atoms with Crippen molar-refractivity contribution in [3.8, 4) is 0 Å². The van der Waals surface area contributed by atoms with Crippen molar-refractivity contribution in [1.82, 2.24) is 15.0 Å². The Morgan fingerprint density at radius 1 is 1.24 bits per heavy atom. The summed E-state index contributed by atoms with van der Waals surface area (Å²) in [5, 5.41) is 2.75. The van der Waals surface area contributed by atoms with Crippen LogP contribution in [-0.2, 0) is 4.74 Å². The average Bonchev–Trinajstić information content (AvgIpc) is 2.97. The average molecular weight is 422 g/mol. The second kappa shape index (κ2) is 14.8. The fraction of sp³-hybridized carbons (Fsp3) is 0.500. The number of nitrogens with one attached hydrogen (secondary N) is 2. The first-order chi connectivity index (χ1) is 13.9. The lowest BCUT2D eigenvalue weighted by Crippen LogP contribution is -2.12. The number of allylic oxidation sites excluding steroid dienone is 4. The molecule has 0 saturated carbocycles. The van der Waals surface area contributed by atoms with Crippen molar-refractivity contribution in [2.45, 2.75) is 53.4 Å². The summed E-state index contributed by atoms with van der Waals surface area (Å²) in [6, 6.07) is 1.56. The van der Waals surface area contributed by atoms with E-state index in [9.17, 15) is 9.59 Å². The van der Waals surface area contributed by atoms with Crippen LogP contribution in [0, 0.1) is 6.92 Å². The van der Waals surface area contributed by atoms with E-state index in [0.717, 1.165) is 37.0 Å². The van der Waals surface area contributed by atoms with Crippen molar-refractivity contribution in [3.63, 3.8) is 0 Å². The zero-order chi connectivity index (χ0) is 22.4. The third-order valence-electron chi connectivity index (χ3n) is 4.19. The Balaban J connectivity index is 0.00000143. The van der Waals surface area contributed by atoms with E-state index in [4.69, 9.17) is 4.74 Å². The number of hydrogen-bond acceptors (Lipinski definition) is 7. The van der Waals surface area contributed by atoms with Crippen LogP contribution in [0.1, 0.15) is 72.9 Å². The van der Waals surface area contributed by atoms with Gasteiger partial charge in [0.1, 0.15) is 0 Å². The number of ketones is 1. The predicted molar refractivity (Wildman–Crippen MR) is 122 cm³/mol. The summed E-state index contributed by atoms with van der Waals surface area (Å²) >= 11 is 4.12. The molecule has 0 unspecified atom stereocenters. The quantitative estimate of drug-likeness (QED) is 0.371. The zero-order valence-corrected chi connectivity index (χ0v) is 19.6. The summed E-state index contributed by atoms with van der Waals surface area (Å²) in [5.41, 5.74) is 3.99. The van der Waals surface area contributed by atoms with E-state index < -0.39 is 5.97 Å². The molecule has 0 bridgehead atoms. The van der Waals surface area contributed by atoms with Crippen molar-refractivity contribution in [2.75, 3.05) is 21.2 Å². The van der Waals surface area contributed by atoms with Gasteiger partial charge in [0, 0.05) is 28.7 Å². The third kappa shape index (κ3) is 8.03. The predicted octanol–water partition coefficient (Wildman–Crippen LogP) is 4.43. The van der Waals surface area contributed by atoms with Crippen LogP contribution in [0.15, 0.2) is 35.2 Å². The molecule has 6 nitrogen and oxygen atoms in total. The van der Waals surface area contributed by atoms with Crippen LogP contribution in [-0.4, -0.2) is 37.9 Å².